The molecule has 0 unspecified atom stereocenters. The lowest BCUT2D eigenvalue weighted by Crippen LogP contribution is -2.45. The van der Waals surface area contributed by atoms with Crippen LogP contribution in [0.5, 0.6) is 0 Å². The van der Waals surface area contributed by atoms with Gasteiger partial charge in [0.15, 0.2) is 0 Å². The van der Waals surface area contributed by atoms with Gasteiger partial charge in [-0.3, -0.25) is 10.00 Å². The number of likely N-dealkylation sites (N-methyl/N-ethyl adjacent to an activating group) is 1. The first-order chi connectivity index (χ1) is 7.34. The van der Waals surface area contributed by atoms with Gasteiger partial charge in [0.2, 0.25) is 0 Å². The largest absolute Gasteiger partial charge is 0.369 e. The molecule has 1 aromatic heterocycles. The van der Waals surface area contributed by atoms with Gasteiger partial charge in [-0.15, -0.1) is 0 Å². The van der Waals surface area contributed by atoms with Crippen molar-refractivity contribution in [1.29, 1.82) is 0 Å². The maximum atomic E-state index is 3.89. The molecular weight excluding hydrogens is 190 g/mol. The van der Waals surface area contributed by atoms with Crippen LogP contribution in [-0.2, 0) is 0 Å². The summed E-state index contributed by atoms with van der Waals surface area (Å²) in [5, 5.41) is 10.1. The molecule has 5 nitrogen and oxygen atoms in total. The van der Waals surface area contributed by atoms with Crippen molar-refractivity contribution < 1.29 is 0 Å². The van der Waals surface area contributed by atoms with Crippen LogP contribution in [0.4, 0.5) is 5.82 Å². The summed E-state index contributed by atoms with van der Waals surface area (Å²) < 4.78 is 0. The molecule has 1 fully saturated rings. The SMILES string of the molecule is CN1CCN(CCNc2ccn[nH]2)CC1. The summed E-state index contributed by atoms with van der Waals surface area (Å²) in [6.07, 6.45) is 1.76. The molecule has 0 bridgehead atoms. The van der Waals surface area contributed by atoms with Crippen LogP contribution >= 0.6 is 0 Å². The lowest BCUT2D eigenvalue weighted by Gasteiger charge is -2.32. The number of nitrogens with one attached hydrogen (secondary N) is 2. The molecule has 0 aliphatic carbocycles. The predicted molar refractivity (Wildman–Crippen MR) is 61.0 cm³/mol. The first-order valence-electron chi connectivity index (χ1n) is 5.49. The van der Waals surface area contributed by atoms with Gasteiger partial charge in [-0.05, 0) is 13.1 Å². The number of nitrogens with zero attached hydrogens (tertiary/aromatic N) is 3. The van der Waals surface area contributed by atoms with E-state index in [1.54, 1.807) is 6.20 Å². The Hall–Kier alpha value is -1.07. The lowest BCUT2D eigenvalue weighted by molar-refractivity contribution is 0.158. The second-order valence-corrected chi connectivity index (χ2v) is 4.04. The molecule has 2 rings (SSSR count). The predicted octanol–water partition coefficient (Wildman–Crippen LogP) is 0.0690. The van der Waals surface area contributed by atoms with E-state index < -0.39 is 0 Å². The summed E-state index contributed by atoms with van der Waals surface area (Å²) in [4.78, 5) is 4.86. The van der Waals surface area contributed by atoms with E-state index in [0.717, 1.165) is 18.9 Å². The van der Waals surface area contributed by atoms with Gasteiger partial charge in [0.05, 0.1) is 6.20 Å². The van der Waals surface area contributed by atoms with Gasteiger partial charge in [0.1, 0.15) is 5.82 Å². The number of hydrogen-bond donors (Lipinski definition) is 2. The molecule has 0 atom stereocenters. The van der Waals surface area contributed by atoms with Crippen LogP contribution in [0.3, 0.4) is 0 Å². The number of hydrogen-bond acceptors (Lipinski definition) is 4. The average Bonchev–Trinajstić information content (AvgIpc) is 2.74. The van der Waals surface area contributed by atoms with E-state index in [-0.39, 0.29) is 0 Å². The number of rotatable bonds is 4. The van der Waals surface area contributed by atoms with Crippen LogP contribution < -0.4 is 5.32 Å². The minimum atomic E-state index is 0.978. The Balaban J connectivity index is 1.62. The molecule has 1 aromatic rings. The zero-order valence-electron chi connectivity index (χ0n) is 9.24. The van der Waals surface area contributed by atoms with Crippen LogP contribution in [0, 0.1) is 0 Å². The van der Waals surface area contributed by atoms with E-state index in [1.165, 1.54) is 26.2 Å². The first kappa shape index (κ1) is 10.4. The third kappa shape index (κ3) is 3.21. The lowest BCUT2D eigenvalue weighted by atomic mass is 10.3. The molecule has 1 saturated heterocycles. The van der Waals surface area contributed by atoms with Gasteiger partial charge in [-0.2, -0.15) is 5.10 Å². The molecule has 1 aliphatic rings. The normalized spacial score (nSPS) is 19.3. The molecule has 0 radical (unpaired) electrons. The molecular formula is C10H19N5. The van der Waals surface area contributed by atoms with Crippen molar-refractivity contribution in [3.8, 4) is 0 Å². The maximum absolute atomic E-state index is 3.89. The van der Waals surface area contributed by atoms with Gasteiger partial charge in [-0.1, -0.05) is 0 Å². The van der Waals surface area contributed by atoms with Crippen molar-refractivity contribution in [2.45, 2.75) is 0 Å². The quantitative estimate of drug-likeness (QED) is 0.736. The van der Waals surface area contributed by atoms with E-state index in [9.17, 15) is 0 Å². The zero-order chi connectivity index (χ0) is 10.5. The Labute approximate surface area is 90.4 Å². The highest BCUT2D eigenvalue weighted by Crippen LogP contribution is 2.00. The number of anilines is 1. The fourth-order valence-electron chi connectivity index (χ4n) is 1.77. The van der Waals surface area contributed by atoms with Crippen molar-refractivity contribution in [2.75, 3.05) is 51.6 Å². The van der Waals surface area contributed by atoms with Gasteiger partial charge in [0.25, 0.3) is 0 Å². The Morgan fingerprint density at radius 3 is 2.87 bits per heavy atom. The Kier molecular flexibility index (Phi) is 3.58. The van der Waals surface area contributed by atoms with Gasteiger partial charge < -0.3 is 10.2 Å². The molecule has 2 heterocycles. The minimum Gasteiger partial charge on any atom is -0.369 e. The van der Waals surface area contributed by atoms with Crippen molar-refractivity contribution in [2.24, 2.45) is 0 Å². The molecule has 0 saturated carbocycles. The Bertz CT molecular complexity index is 263. The smallest absolute Gasteiger partial charge is 0.121 e. The van der Waals surface area contributed by atoms with E-state index in [1.807, 2.05) is 6.07 Å². The van der Waals surface area contributed by atoms with Crippen LogP contribution in [0.25, 0.3) is 0 Å². The first-order valence-corrected chi connectivity index (χ1v) is 5.49. The van der Waals surface area contributed by atoms with Gasteiger partial charge in [-0.25, -0.2) is 0 Å². The van der Waals surface area contributed by atoms with Crippen LogP contribution in [0.2, 0.25) is 0 Å². The summed E-state index contributed by atoms with van der Waals surface area (Å²) in [5.74, 6) is 1.00. The standard InChI is InChI=1S/C10H19N5/c1-14-6-8-15(9-7-14)5-4-11-10-2-3-12-13-10/h2-3H,4-9H2,1H3,(H2,11,12,13). The topological polar surface area (TPSA) is 47.2 Å². The molecule has 5 heteroatoms. The monoisotopic (exact) mass is 209 g/mol. The van der Waals surface area contributed by atoms with Crippen LogP contribution in [0.1, 0.15) is 0 Å². The summed E-state index contributed by atoms with van der Waals surface area (Å²) in [6.45, 7) is 6.81. The summed E-state index contributed by atoms with van der Waals surface area (Å²) in [6, 6.07) is 1.95. The van der Waals surface area contributed by atoms with E-state index in [0.29, 0.717) is 0 Å². The van der Waals surface area contributed by atoms with Crippen molar-refractivity contribution >= 4 is 5.82 Å². The molecule has 15 heavy (non-hydrogen) atoms. The third-order valence-corrected chi connectivity index (χ3v) is 2.84. The fourth-order valence-corrected chi connectivity index (χ4v) is 1.77. The van der Waals surface area contributed by atoms with E-state index in [2.05, 4.69) is 32.4 Å². The molecule has 2 N–H and O–H groups in total. The zero-order valence-corrected chi connectivity index (χ0v) is 9.24. The number of piperazine rings is 1. The molecule has 0 spiro atoms. The highest BCUT2D eigenvalue weighted by molar-refractivity contribution is 5.31. The fraction of sp³-hybridized carbons (Fsp3) is 0.700. The summed E-state index contributed by atoms with van der Waals surface area (Å²) in [5.41, 5.74) is 0. The second-order valence-electron chi connectivity index (χ2n) is 4.04. The average molecular weight is 209 g/mol. The van der Waals surface area contributed by atoms with E-state index in [4.69, 9.17) is 0 Å². The number of aromatic nitrogens is 2. The second kappa shape index (κ2) is 5.14. The van der Waals surface area contributed by atoms with E-state index >= 15 is 0 Å². The third-order valence-electron chi connectivity index (χ3n) is 2.84. The summed E-state index contributed by atoms with van der Waals surface area (Å²) in [7, 11) is 2.18. The van der Waals surface area contributed by atoms with Crippen LogP contribution in [0.15, 0.2) is 12.3 Å². The molecule has 1 aliphatic heterocycles. The molecule has 0 amide bonds. The van der Waals surface area contributed by atoms with Crippen molar-refractivity contribution in [3.05, 3.63) is 12.3 Å². The van der Waals surface area contributed by atoms with Crippen molar-refractivity contribution in [3.63, 3.8) is 0 Å². The Morgan fingerprint density at radius 2 is 2.20 bits per heavy atom. The highest BCUT2D eigenvalue weighted by Gasteiger charge is 2.12. The Morgan fingerprint density at radius 1 is 1.40 bits per heavy atom. The van der Waals surface area contributed by atoms with Gasteiger partial charge >= 0.3 is 0 Å². The van der Waals surface area contributed by atoms with Gasteiger partial charge in [0, 0.05) is 39.3 Å². The maximum Gasteiger partial charge on any atom is 0.121 e. The number of H-pyrrole nitrogens is 1. The van der Waals surface area contributed by atoms with Crippen LogP contribution in [-0.4, -0.2) is 66.3 Å². The van der Waals surface area contributed by atoms with Crippen molar-refractivity contribution in [1.82, 2.24) is 20.0 Å². The molecule has 84 valence electrons. The highest BCUT2D eigenvalue weighted by atomic mass is 15.3. The minimum absolute atomic E-state index is 0.978. The molecule has 0 aromatic carbocycles. The number of aromatic amines is 1. The summed E-state index contributed by atoms with van der Waals surface area (Å²) >= 11 is 0.